The van der Waals surface area contributed by atoms with E-state index >= 15 is 0 Å². The molecular formula is C18H25ClO. The van der Waals surface area contributed by atoms with Gasteiger partial charge in [-0.2, -0.15) is 0 Å². The fourth-order valence-corrected chi connectivity index (χ4v) is 3.93. The van der Waals surface area contributed by atoms with Crippen LogP contribution in [0.1, 0.15) is 50.2 Å². The third kappa shape index (κ3) is 2.76. The van der Waals surface area contributed by atoms with Crippen molar-refractivity contribution in [3.63, 3.8) is 0 Å². The molecule has 3 rings (SSSR count). The van der Waals surface area contributed by atoms with Gasteiger partial charge in [-0.15, -0.1) is 11.6 Å². The molecule has 2 unspecified atom stereocenters. The molecule has 1 aromatic rings. The van der Waals surface area contributed by atoms with Crippen LogP contribution in [0.2, 0.25) is 0 Å². The predicted molar refractivity (Wildman–Crippen MR) is 84.5 cm³/mol. The van der Waals surface area contributed by atoms with E-state index in [-0.39, 0.29) is 5.41 Å². The summed E-state index contributed by atoms with van der Waals surface area (Å²) in [6.45, 7) is 5.37. The van der Waals surface area contributed by atoms with Gasteiger partial charge in [0.25, 0.3) is 0 Å². The third-order valence-corrected chi connectivity index (χ3v) is 5.55. The summed E-state index contributed by atoms with van der Waals surface area (Å²) in [6, 6.07) is 9.10. The first kappa shape index (κ1) is 14.4. The zero-order chi connectivity index (χ0) is 14.2. The molecule has 0 N–H and O–H groups in total. The molecule has 0 amide bonds. The predicted octanol–water partition coefficient (Wildman–Crippen LogP) is 4.78. The Morgan fingerprint density at radius 3 is 2.50 bits per heavy atom. The Balaban J connectivity index is 1.76. The summed E-state index contributed by atoms with van der Waals surface area (Å²) in [6.07, 6.45) is 5.23. The van der Waals surface area contributed by atoms with Gasteiger partial charge in [-0.05, 0) is 48.6 Å². The van der Waals surface area contributed by atoms with E-state index in [0.29, 0.717) is 12.0 Å². The van der Waals surface area contributed by atoms with Crippen molar-refractivity contribution in [2.45, 2.75) is 51.6 Å². The third-order valence-electron chi connectivity index (χ3n) is 5.02. The maximum absolute atomic E-state index is 6.38. The van der Waals surface area contributed by atoms with Gasteiger partial charge in [-0.1, -0.05) is 38.1 Å². The number of halogens is 1. The van der Waals surface area contributed by atoms with Gasteiger partial charge in [-0.25, -0.2) is 0 Å². The summed E-state index contributed by atoms with van der Waals surface area (Å²) in [5.41, 5.74) is 2.99. The molecule has 2 heteroatoms. The molecule has 1 nitrogen and oxygen atoms in total. The van der Waals surface area contributed by atoms with Gasteiger partial charge in [0.15, 0.2) is 0 Å². The summed E-state index contributed by atoms with van der Waals surface area (Å²) in [5.74, 6) is 2.09. The lowest BCUT2D eigenvalue weighted by atomic mass is 9.75. The number of rotatable bonds is 5. The van der Waals surface area contributed by atoms with E-state index in [4.69, 9.17) is 16.3 Å². The van der Waals surface area contributed by atoms with Crippen LogP contribution >= 0.6 is 11.6 Å². The number of ether oxygens (including phenoxy) is 1. The van der Waals surface area contributed by atoms with Gasteiger partial charge in [-0.3, -0.25) is 0 Å². The van der Waals surface area contributed by atoms with E-state index in [9.17, 15) is 0 Å². The van der Waals surface area contributed by atoms with Gasteiger partial charge in [0.1, 0.15) is 0 Å². The van der Waals surface area contributed by atoms with E-state index in [1.54, 1.807) is 0 Å². The van der Waals surface area contributed by atoms with Crippen molar-refractivity contribution >= 4 is 11.6 Å². The largest absolute Gasteiger partial charge is 0.377 e. The van der Waals surface area contributed by atoms with Crippen LogP contribution in [-0.4, -0.2) is 18.6 Å². The minimum absolute atomic E-state index is 0.169. The fraction of sp³-hybridized carbons (Fsp3) is 0.667. The van der Waals surface area contributed by atoms with Gasteiger partial charge in [0.2, 0.25) is 0 Å². The lowest BCUT2D eigenvalue weighted by Crippen LogP contribution is -2.36. The van der Waals surface area contributed by atoms with E-state index in [1.165, 1.54) is 24.0 Å². The van der Waals surface area contributed by atoms with Crippen molar-refractivity contribution < 1.29 is 4.74 Å². The molecule has 0 spiro atoms. The van der Waals surface area contributed by atoms with Gasteiger partial charge < -0.3 is 4.74 Å². The van der Waals surface area contributed by atoms with Crippen LogP contribution in [-0.2, 0) is 11.2 Å². The topological polar surface area (TPSA) is 9.23 Å². The minimum atomic E-state index is 0.169. The van der Waals surface area contributed by atoms with E-state index < -0.39 is 0 Å². The first-order chi connectivity index (χ1) is 9.64. The minimum Gasteiger partial charge on any atom is -0.377 e. The molecule has 1 heterocycles. The number of hydrogen-bond acceptors (Lipinski definition) is 1. The molecule has 110 valence electrons. The molecule has 0 radical (unpaired) electrons. The summed E-state index contributed by atoms with van der Waals surface area (Å²) >= 11 is 6.38. The molecule has 0 aromatic heterocycles. The van der Waals surface area contributed by atoms with E-state index in [1.807, 2.05) is 0 Å². The molecule has 2 aliphatic rings. The maximum atomic E-state index is 6.38. The Hall–Kier alpha value is -0.530. The first-order valence-corrected chi connectivity index (χ1v) is 8.44. The molecule has 1 aliphatic heterocycles. The van der Waals surface area contributed by atoms with Crippen LogP contribution < -0.4 is 0 Å². The number of alkyl halides is 1. The Labute approximate surface area is 127 Å². The average molecular weight is 293 g/mol. The summed E-state index contributed by atoms with van der Waals surface area (Å²) in [7, 11) is 0. The molecule has 1 saturated heterocycles. The van der Waals surface area contributed by atoms with Gasteiger partial charge in [0.05, 0.1) is 6.10 Å². The Bertz CT molecular complexity index is 449. The summed E-state index contributed by atoms with van der Waals surface area (Å²) in [4.78, 5) is 0. The zero-order valence-corrected chi connectivity index (χ0v) is 13.3. The van der Waals surface area contributed by atoms with Crippen molar-refractivity contribution in [2.24, 2.45) is 11.3 Å². The molecule has 2 fully saturated rings. The zero-order valence-electron chi connectivity index (χ0n) is 12.6. The lowest BCUT2D eigenvalue weighted by Gasteiger charge is -2.32. The highest BCUT2D eigenvalue weighted by atomic mass is 35.5. The highest BCUT2D eigenvalue weighted by Crippen LogP contribution is 2.50. The smallest absolute Gasteiger partial charge is 0.0674 e. The second-order valence-electron chi connectivity index (χ2n) is 6.95. The lowest BCUT2D eigenvalue weighted by molar-refractivity contribution is 0.0403. The maximum Gasteiger partial charge on any atom is 0.0674 e. The SMILES string of the molecule is CC(C)c1ccc(CC2(CCl)CCOC2C2CC2)cc1. The summed E-state index contributed by atoms with van der Waals surface area (Å²) < 4.78 is 6.03. The highest BCUT2D eigenvalue weighted by Gasteiger charge is 2.50. The molecule has 1 saturated carbocycles. The standard InChI is InChI=1S/C18H25ClO/c1-13(2)15-5-3-14(4-6-15)11-18(12-19)9-10-20-17(18)16-7-8-16/h3-6,13,16-17H,7-12H2,1-2H3. The van der Waals surface area contributed by atoms with Crippen molar-refractivity contribution in [1.82, 2.24) is 0 Å². The van der Waals surface area contributed by atoms with E-state index in [0.717, 1.165) is 31.2 Å². The Morgan fingerprint density at radius 2 is 1.95 bits per heavy atom. The second-order valence-corrected chi connectivity index (χ2v) is 7.22. The fourth-order valence-electron chi connectivity index (χ4n) is 3.55. The molecule has 20 heavy (non-hydrogen) atoms. The van der Waals surface area contributed by atoms with Crippen LogP contribution in [0.3, 0.4) is 0 Å². The summed E-state index contributed by atoms with van der Waals surface area (Å²) in [5, 5.41) is 0. The van der Waals surface area contributed by atoms with Gasteiger partial charge >= 0.3 is 0 Å². The molecule has 2 atom stereocenters. The highest BCUT2D eigenvalue weighted by molar-refractivity contribution is 6.18. The normalized spacial score (nSPS) is 30.1. The quantitative estimate of drug-likeness (QED) is 0.710. The van der Waals surface area contributed by atoms with Crippen LogP contribution in [0.4, 0.5) is 0 Å². The number of benzene rings is 1. The van der Waals surface area contributed by atoms with Crippen LogP contribution in [0.25, 0.3) is 0 Å². The Kier molecular flexibility index (Phi) is 4.10. The first-order valence-electron chi connectivity index (χ1n) is 7.91. The van der Waals surface area contributed by atoms with Gasteiger partial charge in [0, 0.05) is 17.9 Å². The molecular weight excluding hydrogens is 268 g/mol. The van der Waals surface area contributed by atoms with Crippen LogP contribution in [0.15, 0.2) is 24.3 Å². The monoisotopic (exact) mass is 292 g/mol. The van der Waals surface area contributed by atoms with Crippen molar-refractivity contribution in [3.8, 4) is 0 Å². The second kappa shape index (κ2) is 5.69. The van der Waals surface area contributed by atoms with Crippen molar-refractivity contribution in [1.29, 1.82) is 0 Å². The van der Waals surface area contributed by atoms with Crippen LogP contribution in [0.5, 0.6) is 0 Å². The van der Waals surface area contributed by atoms with Crippen molar-refractivity contribution in [3.05, 3.63) is 35.4 Å². The molecule has 0 bridgehead atoms. The average Bonchev–Trinajstić information content (AvgIpc) is 3.21. The van der Waals surface area contributed by atoms with Crippen molar-refractivity contribution in [2.75, 3.05) is 12.5 Å². The molecule has 1 aromatic carbocycles. The van der Waals surface area contributed by atoms with Crippen LogP contribution in [0, 0.1) is 11.3 Å². The Morgan fingerprint density at radius 1 is 1.25 bits per heavy atom. The molecule has 1 aliphatic carbocycles. The van der Waals surface area contributed by atoms with E-state index in [2.05, 4.69) is 38.1 Å². The number of hydrogen-bond donors (Lipinski definition) is 0.